The number of hydrogen-bond donors (Lipinski definition) is 0. The van der Waals surface area contributed by atoms with E-state index in [9.17, 15) is 13.2 Å². The third-order valence-electron chi connectivity index (χ3n) is 3.30. The van der Waals surface area contributed by atoms with Gasteiger partial charge in [0.2, 0.25) is 5.91 Å². The molecule has 0 N–H and O–H groups in total. The summed E-state index contributed by atoms with van der Waals surface area (Å²) in [6.45, 7) is 6.33. The van der Waals surface area contributed by atoms with E-state index < -0.39 is 9.84 Å². The van der Waals surface area contributed by atoms with Crippen LogP contribution in [0.25, 0.3) is 0 Å². The quantitative estimate of drug-likeness (QED) is 0.862. The summed E-state index contributed by atoms with van der Waals surface area (Å²) in [5.74, 6) is 0.507. The van der Waals surface area contributed by atoms with Crippen LogP contribution in [0.1, 0.15) is 38.8 Å². The Morgan fingerprint density at radius 3 is 2.79 bits per heavy atom. The van der Waals surface area contributed by atoms with E-state index in [-0.39, 0.29) is 17.7 Å². The third-order valence-corrected chi connectivity index (χ3v) is 6.65. The highest BCUT2D eigenvalue weighted by Gasteiger charge is 2.35. The summed E-state index contributed by atoms with van der Waals surface area (Å²) in [6.07, 6.45) is 0.498. The number of carbonyl (C=O) groups is 1. The third kappa shape index (κ3) is 2.84. The molecule has 0 aliphatic carbocycles. The molecule has 0 saturated heterocycles. The molecule has 106 valence electrons. The number of thiophene rings is 1. The Bertz CT molecular complexity index is 574. The molecule has 1 amide bonds. The fraction of sp³-hybridized carbons (Fsp3) is 0.615. The van der Waals surface area contributed by atoms with E-state index in [4.69, 9.17) is 0 Å². The highest BCUT2D eigenvalue weighted by Crippen LogP contribution is 2.39. The van der Waals surface area contributed by atoms with Crippen LogP contribution in [0.2, 0.25) is 0 Å². The van der Waals surface area contributed by atoms with Gasteiger partial charge in [0, 0.05) is 19.0 Å². The normalized spacial score (nSPS) is 21.2. The molecule has 2 heterocycles. The molecule has 0 spiro atoms. The fourth-order valence-corrected chi connectivity index (χ4v) is 5.48. The Balaban J connectivity index is 2.39. The van der Waals surface area contributed by atoms with Gasteiger partial charge < -0.3 is 4.90 Å². The van der Waals surface area contributed by atoms with Gasteiger partial charge in [-0.1, -0.05) is 13.8 Å². The van der Waals surface area contributed by atoms with Crippen LogP contribution in [0.3, 0.4) is 0 Å². The highest BCUT2D eigenvalue weighted by molar-refractivity contribution is 7.93. The second-order valence-electron chi connectivity index (χ2n) is 5.35. The fourth-order valence-electron chi connectivity index (χ4n) is 2.51. The van der Waals surface area contributed by atoms with Crippen LogP contribution in [-0.2, 0) is 14.6 Å². The average molecular weight is 301 g/mol. The van der Waals surface area contributed by atoms with E-state index in [0.29, 0.717) is 23.1 Å². The Morgan fingerprint density at radius 2 is 2.21 bits per heavy atom. The molecule has 0 aromatic carbocycles. The summed E-state index contributed by atoms with van der Waals surface area (Å²) in [5.41, 5.74) is 0.798. The zero-order valence-electron chi connectivity index (χ0n) is 11.4. The first-order valence-corrected chi connectivity index (χ1v) is 8.93. The van der Waals surface area contributed by atoms with Crippen molar-refractivity contribution >= 4 is 27.1 Å². The lowest BCUT2D eigenvalue weighted by atomic mass is 10.0. The van der Waals surface area contributed by atoms with Crippen LogP contribution < -0.4 is 0 Å². The maximum atomic E-state index is 12.0. The molecule has 0 fully saturated rings. The second-order valence-corrected chi connectivity index (χ2v) is 8.57. The van der Waals surface area contributed by atoms with E-state index in [0.717, 1.165) is 5.56 Å². The van der Waals surface area contributed by atoms with Gasteiger partial charge in [-0.15, -0.1) is 11.3 Å². The summed E-state index contributed by atoms with van der Waals surface area (Å²) in [4.78, 5) is 13.7. The maximum Gasteiger partial charge on any atom is 0.219 e. The van der Waals surface area contributed by atoms with Crippen LogP contribution in [0.4, 0.5) is 0 Å². The lowest BCUT2D eigenvalue weighted by Crippen LogP contribution is -2.38. The lowest BCUT2D eigenvalue weighted by Gasteiger charge is -2.34. The molecule has 0 bridgehead atoms. The minimum atomic E-state index is -3.14. The Morgan fingerprint density at radius 1 is 1.53 bits per heavy atom. The van der Waals surface area contributed by atoms with Crippen molar-refractivity contribution in [1.82, 2.24) is 4.90 Å². The summed E-state index contributed by atoms with van der Waals surface area (Å²) >= 11 is 1.26. The first-order valence-electron chi connectivity index (χ1n) is 6.40. The van der Waals surface area contributed by atoms with Crippen LogP contribution in [0, 0.1) is 5.92 Å². The van der Waals surface area contributed by atoms with Gasteiger partial charge >= 0.3 is 0 Å². The number of amides is 1. The van der Waals surface area contributed by atoms with Crippen molar-refractivity contribution in [2.45, 2.75) is 37.4 Å². The molecule has 1 atom stereocenters. The van der Waals surface area contributed by atoms with Crippen molar-refractivity contribution in [1.29, 1.82) is 0 Å². The molecule has 1 aliphatic rings. The van der Waals surface area contributed by atoms with Crippen molar-refractivity contribution in [3.8, 4) is 0 Å². The number of fused-ring (bicyclic) bond motifs is 1. The average Bonchev–Trinajstić information content (AvgIpc) is 2.76. The number of rotatable bonds is 3. The topological polar surface area (TPSA) is 54.5 Å². The Kier molecular flexibility index (Phi) is 4.01. The lowest BCUT2D eigenvalue weighted by molar-refractivity contribution is -0.132. The van der Waals surface area contributed by atoms with Gasteiger partial charge in [0.05, 0.1) is 11.8 Å². The molecule has 0 radical (unpaired) electrons. The SMILES string of the molecule is CC(=O)N(CC(C)C)C1CCS(=O)(=O)c2sccc21. The van der Waals surface area contributed by atoms with Gasteiger partial charge in [-0.2, -0.15) is 0 Å². The van der Waals surface area contributed by atoms with Gasteiger partial charge in [-0.25, -0.2) is 8.42 Å². The smallest absolute Gasteiger partial charge is 0.219 e. The van der Waals surface area contributed by atoms with Crippen LogP contribution in [0.5, 0.6) is 0 Å². The summed E-state index contributed by atoms with van der Waals surface area (Å²) in [7, 11) is -3.14. The molecule has 19 heavy (non-hydrogen) atoms. The monoisotopic (exact) mass is 301 g/mol. The van der Waals surface area contributed by atoms with E-state index in [1.807, 2.05) is 11.0 Å². The molecule has 2 rings (SSSR count). The summed E-state index contributed by atoms with van der Waals surface area (Å²) in [6, 6.07) is 1.75. The molecule has 0 saturated carbocycles. The molecule has 4 nitrogen and oxygen atoms in total. The molecule has 1 unspecified atom stereocenters. The van der Waals surface area contributed by atoms with Crippen molar-refractivity contribution in [3.63, 3.8) is 0 Å². The van der Waals surface area contributed by atoms with E-state index in [2.05, 4.69) is 13.8 Å². The molecule has 1 aromatic heterocycles. The van der Waals surface area contributed by atoms with Crippen molar-refractivity contribution in [3.05, 3.63) is 17.0 Å². The first-order chi connectivity index (χ1) is 8.83. The van der Waals surface area contributed by atoms with E-state index >= 15 is 0 Å². The minimum Gasteiger partial charge on any atom is -0.336 e. The number of sulfone groups is 1. The minimum absolute atomic E-state index is 0.00940. The number of hydrogen-bond acceptors (Lipinski definition) is 4. The van der Waals surface area contributed by atoms with E-state index in [1.165, 1.54) is 11.3 Å². The van der Waals surface area contributed by atoms with E-state index in [1.54, 1.807) is 12.3 Å². The molecular formula is C13H19NO3S2. The Hall–Kier alpha value is -0.880. The second kappa shape index (κ2) is 5.25. The van der Waals surface area contributed by atoms with Gasteiger partial charge in [-0.05, 0) is 23.8 Å². The first kappa shape index (κ1) is 14.5. The zero-order chi connectivity index (χ0) is 14.2. The van der Waals surface area contributed by atoms with Crippen LogP contribution in [0.15, 0.2) is 15.7 Å². The predicted molar refractivity (Wildman–Crippen MR) is 76.0 cm³/mol. The summed E-state index contributed by atoms with van der Waals surface area (Å²) < 4.78 is 24.4. The van der Waals surface area contributed by atoms with Gasteiger partial charge in [0.1, 0.15) is 4.21 Å². The summed E-state index contributed by atoms with van der Waals surface area (Å²) in [5, 5.41) is 1.80. The number of carbonyl (C=O) groups excluding carboxylic acids is 1. The molecule has 1 aromatic rings. The van der Waals surface area contributed by atoms with Crippen molar-refractivity contribution < 1.29 is 13.2 Å². The van der Waals surface area contributed by atoms with Gasteiger partial charge in [0.15, 0.2) is 9.84 Å². The van der Waals surface area contributed by atoms with Crippen LogP contribution in [-0.4, -0.2) is 31.5 Å². The molecule has 1 aliphatic heterocycles. The highest BCUT2D eigenvalue weighted by atomic mass is 32.2. The number of nitrogens with zero attached hydrogens (tertiary/aromatic N) is 1. The maximum absolute atomic E-state index is 12.0. The standard InChI is InChI=1S/C13H19NO3S2/c1-9(2)8-14(10(3)15)12-5-7-19(16,17)13-11(12)4-6-18-13/h4,6,9,12H,5,7-8H2,1-3H3. The predicted octanol–water partition coefficient (Wildman–Crippen LogP) is 2.47. The van der Waals surface area contributed by atoms with Gasteiger partial charge in [0.25, 0.3) is 0 Å². The zero-order valence-corrected chi connectivity index (χ0v) is 13.1. The van der Waals surface area contributed by atoms with Crippen LogP contribution >= 0.6 is 11.3 Å². The largest absolute Gasteiger partial charge is 0.336 e. The molecular weight excluding hydrogens is 282 g/mol. The van der Waals surface area contributed by atoms with Crippen molar-refractivity contribution in [2.24, 2.45) is 5.92 Å². The molecule has 6 heteroatoms. The Labute approximate surface area is 118 Å². The van der Waals surface area contributed by atoms with Gasteiger partial charge in [-0.3, -0.25) is 4.79 Å². The van der Waals surface area contributed by atoms with Crippen molar-refractivity contribution in [2.75, 3.05) is 12.3 Å².